The summed E-state index contributed by atoms with van der Waals surface area (Å²) in [5.74, 6) is 0. The van der Waals surface area contributed by atoms with Crippen LogP contribution in [-0.2, 0) is 0 Å². The third-order valence-electron chi connectivity index (χ3n) is 4.20. The SMILES string of the molecule is CCC(C)(C#N)C(C)(O)C1(C)CC1. The molecule has 2 nitrogen and oxygen atoms in total. The Morgan fingerprint density at radius 3 is 2.15 bits per heavy atom. The second-order valence-electron chi connectivity index (χ2n) is 4.93. The summed E-state index contributed by atoms with van der Waals surface area (Å²) in [4.78, 5) is 0. The average molecular weight is 181 g/mol. The molecule has 0 amide bonds. The second-order valence-corrected chi connectivity index (χ2v) is 4.93. The fraction of sp³-hybridized carbons (Fsp3) is 0.909. The van der Waals surface area contributed by atoms with Crippen molar-refractivity contribution in [2.45, 2.75) is 52.6 Å². The topological polar surface area (TPSA) is 44.0 Å². The van der Waals surface area contributed by atoms with Crippen molar-refractivity contribution < 1.29 is 5.11 Å². The molecule has 0 aromatic rings. The lowest BCUT2D eigenvalue weighted by Gasteiger charge is -2.42. The van der Waals surface area contributed by atoms with Crippen molar-refractivity contribution in [1.29, 1.82) is 5.26 Å². The molecule has 1 saturated carbocycles. The Morgan fingerprint density at radius 2 is 1.92 bits per heavy atom. The van der Waals surface area contributed by atoms with E-state index >= 15 is 0 Å². The van der Waals surface area contributed by atoms with Crippen LogP contribution in [0.2, 0.25) is 0 Å². The monoisotopic (exact) mass is 181 g/mol. The summed E-state index contributed by atoms with van der Waals surface area (Å²) >= 11 is 0. The van der Waals surface area contributed by atoms with Crippen LogP contribution >= 0.6 is 0 Å². The van der Waals surface area contributed by atoms with Crippen LogP contribution in [-0.4, -0.2) is 10.7 Å². The van der Waals surface area contributed by atoms with E-state index in [1.807, 2.05) is 20.8 Å². The van der Waals surface area contributed by atoms with E-state index < -0.39 is 11.0 Å². The lowest BCUT2D eigenvalue weighted by atomic mass is 9.66. The molecular weight excluding hydrogens is 162 g/mol. The molecule has 1 aliphatic carbocycles. The normalized spacial score (nSPS) is 28.3. The Labute approximate surface area is 80.6 Å². The first-order valence-corrected chi connectivity index (χ1v) is 4.96. The number of aliphatic hydroxyl groups is 1. The van der Waals surface area contributed by atoms with E-state index in [1.165, 1.54) is 0 Å². The zero-order valence-corrected chi connectivity index (χ0v) is 9.02. The molecule has 0 aromatic carbocycles. The van der Waals surface area contributed by atoms with Crippen molar-refractivity contribution >= 4 is 0 Å². The average Bonchev–Trinajstić information content (AvgIpc) is 2.83. The summed E-state index contributed by atoms with van der Waals surface area (Å²) < 4.78 is 0. The molecule has 1 N–H and O–H groups in total. The van der Waals surface area contributed by atoms with Crippen LogP contribution in [0.4, 0.5) is 0 Å². The Kier molecular flexibility index (Phi) is 2.20. The number of nitriles is 1. The van der Waals surface area contributed by atoms with Crippen molar-refractivity contribution in [2.75, 3.05) is 0 Å². The predicted molar refractivity (Wildman–Crippen MR) is 52.0 cm³/mol. The Balaban J connectivity index is 2.98. The van der Waals surface area contributed by atoms with Crippen LogP contribution in [0.5, 0.6) is 0 Å². The zero-order chi connectivity index (χ0) is 10.3. The first-order valence-electron chi connectivity index (χ1n) is 4.96. The highest BCUT2D eigenvalue weighted by atomic mass is 16.3. The molecule has 13 heavy (non-hydrogen) atoms. The maximum atomic E-state index is 10.4. The van der Waals surface area contributed by atoms with Crippen LogP contribution in [0.25, 0.3) is 0 Å². The first-order chi connectivity index (χ1) is 5.83. The Bertz CT molecular complexity index is 247. The summed E-state index contributed by atoms with van der Waals surface area (Å²) in [5, 5.41) is 19.5. The summed E-state index contributed by atoms with van der Waals surface area (Å²) in [7, 11) is 0. The van der Waals surface area contributed by atoms with Gasteiger partial charge >= 0.3 is 0 Å². The number of rotatable bonds is 3. The number of nitrogens with zero attached hydrogens (tertiary/aromatic N) is 1. The highest BCUT2D eigenvalue weighted by Gasteiger charge is 2.60. The van der Waals surface area contributed by atoms with Crippen molar-refractivity contribution in [3.8, 4) is 6.07 Å². The van der Waals surface area contributed by atoms with E-state index in [2.05, 4.69) is 13.0 Å². The van der Waals surface area contributed by atoms with Gasteiger partial charge in [0.25, 0.3) is 0 Å². The minimum Gasteiger partial charge on any atom is -0.388 e. The Morgan fingerprint density at radius 1 is 1.46 bits per heavy atom. The summed E-state index contributed by atoms with van der Waals surface area (Å²) in [5.41, 5.74) is -1.50. The second kappa shape index (κ2) is 2.72. The van der Waals surface area contributed by atoms with Gasteiger partial charge in [-0.15, -0.1) is 0 Å². The van der Waals surface area contributed by atoms with Gasteiger partial charge in [-0.1, -0.05) is 13.8 Å². The molecule has 2 unspecified atom stereocenters. The molecule has 0 aromatic heterocycles. The molecule has 2 atom stereocenters. The van der Waals surface area contributed by atoms with E-state index in [0.29, 0.717) is 6.42 Å². The Hall–Kier alpha value is -0.550. The van der Waals surface area contributed by atoms with E-state index in [4.69, 9.17) is 5.26 Å². The standard InChI is InChI=1S/C11H19NO/c1-5-9(2,8-12)11(4,13)10(3)6-7-10/h13H,5-7H2,1-4H3. The third kappa shape index (κ3) is 1.26. The summed E-state index contributed by atoms with van der Waals surface area (Å²) in [6.45, 7) is 7.70. The van der Waals surface area contributed by atoms with Crippen LogP contribution < -0.4 is 0 Å². The minimum absolute atomic E-state index is 0.0342. The molecule has 0 heterocycles. The van der Waals surface area contributed by atoms with Crippen LogP contribution in [0.1, 0.15) is 47.0 Å². The van der Waals surface area contributed by atoms with Crippen molar-refractivity contribution in [3.63, 3.8) is 0 Å². The van der Waals surface area contributed by atoms with Crippen LogP contribution in [0.15, 0.2) is 0 Å². The largest absolute Gasteiger partial charge is 0.388 e. The van der Waals surface area contributed by atoms with Gasteiger partial charge in [0.15, 0.2) is 0 Å². The number of hydrogen-bond acceptors (Lipinski definition) is 2. The van der Waals surface area contributed by atoms with Gasteiger partial charge in [0, 0.05) is 0 Å². The van der Waals surface area contributed by atoms with Gasteiger partial charge in [0.1, 0.15) is 0 Å². The molecule has 0 bridgehead atoms. The van der Waals surface area contributed by atoms with Gasteiger partial charge < -0.3 is 5.11 Å². The smallest absolute Gasteiger partial charge is 0.0855 e. The summed E-state index contributed by atoms with van der Waals surface area (Å²) in [6.07, 6.45) is 2.78. The van der Waals surface area contributed by atoms with Gasteiger partial charge in [-0.25, -0.2) is 0 Å². The molecule has 0 radical (unpaired) electrons. The van der Waals surface area contributed by atoms with Crippen LogP contribution in [0.3, 0.4) is 0 Å². The van der Waals surface area contributed by atoms with Gasteiger partial charge in [0.2, 0.25) is 0 Å². The predicted octanol–water partition coefficient (Wildman–Crippen LogP) is 2.48. The lowest BCUT2D eigenvalue weighted by Crippen LogP contribution is -2.49. The van der Waals surface area contributed by atoms with E-state index in [1.54, 1.807) is 0 Å². The summed E-state index contributed by atoms with van der Waals surface area (Å²) in [6, 6.07) is 2.26. The molecule has 0 spiro atoms. The molecular formula is C11H19NO. The van der Waals surface area contributed by atoms with Crippen LogP contribution in [0, 0.1) is 22.2 Å². The zero-order valence-electron chi connectivity index (χ0n) is 9.02. The van der Waals surface area contributed by atoms with Crippen molar-refractivity contribution in [1.82, 2.24) is 0 Å². The molecule has 0 aliphatic heterocycles. The quantitative estimate of drug-likeness (QED) is 0.727. The molecule has 2 heteroatoms. The highest BCUT2D eigenvalue weighted by molar-refractivity contribution is 5.17. The highest BCUT2D eigenvalue weighted by Crippen LogP contribution is 2.59. The molecule has 74 valence electrons. The lowest BCUT2D eigenvalue weighted by molar-refractivity contribution is -0.0875. The molecule has 1 rings (SSSR count). The van der Waals surface area contributed by atoms with Gasteiger partial charge in [0.05, 0.1) is 17.1 Å². The molecule has 0 saturated heterocycles. The van der Waals surface area contributed by atoms with Gasteiger partial charge in [-0.05, 0) is 38.5 Å². The van der Waals surface area contributed by atoms with Crippen molar-refractivity contribution in [2.24, 2.45) is 10.8 Å². The fourth-order valence-electron chi connectivity index (χ4n) is 1.87. The van der Waals surface area contributed by atoms with Crippen molar-refractivity contribution in [3.05, 3.63) is 0 Å². The van der Waals surface area contributed by atoms with E-state index in [9.17, 15) is 5.11 Å². The van der Waals surface area contributed by atoms with E-state index in [0.717, 1.165) is 12.8 Å². The minimum atomic E-state index is -0.858. The first kappa shape index (κ1) is 10.5. The molecule has 1 fully saturated rings. The fourth-order valence-corrected chi connectivity index (χ4v) is 1.87. The van der Waals surface area contributed by atoms with Gasteiger partial charge in [-0.2, -0.15) is 5.26 Å². The third-order valence-corrected chi connectivity index (χ3v) is 4.20. The van der Waals surface area contributed by atoms with E-state index in [-0.39, 0.29) is 5.41 Å². The maximum Gasteiger partial charge on any atom is 0.0855 e. The maximum absolute atomic E-state index is 10.4. The molecule has 1 aliphatic rings. The number of hydrogen-bond donors (Lipinski definition) is 1. The van der Waals surface area contributed by atoms with Gasteiger partial charge in [-0.3, -0.25) is 0 Å².